The largest absolute Gasteiger partial charge is 0.496 e. The van der Waals surface area contributed by atoms with Crippen molar-refractivity contribution in [1.82, 2.24) is 20.1 Å². The number of halogens is 1. The van der Waals surface area contributed by atoms with Crippen molar-refractivity contribution in [2.45, 2.75) is 33.7 Å². The smallest absolute Gasteiger partial charge is 0.271 e. The van der Waals surface area contributed by atoms with Gasteiger partial charge in [0.1, 0.15) is 11.4 Å². The molecule has 3 rings (SSSR count). The van der Waals surface area contributed by atoms with E-state index in [0.29, 0.717) is 11.6 Å². The molecule has 1 amide bonds. The molecule has 0 aliphatic carbocycles. The summed E-state index contributed by atoms with van der Waals surface area (Å²) in [5.41, 5.74) is 3.93. The van der Waals surface area contributed by atoms with Gasteiger partial charge in [0.25, 0.3) is 5.91 Å². The number of aryl methyl sites for hydroxylation is 3. The van der Waals surface area contributed by atoms with Gasteiger partial charge in [-0.05, 0) is 52.0 Å². The van der Waals surface area contributed by atoms with Gasteiger partial charge in [-0.2, -0.15) is 5.10 Å². The lowest BCUT2D eigenvalue weighted by molar-refractivity contribution is 0.0934. The number of pyridine rings is 1. The van der Waals surface area contributed by atoms with Crippen molar-refractivity contribution in [3.05, 3.63) is 69.6 Å². The summed E-state index contributed by atoms with van der Waals surface area (Å²) in [7, 11) is 1.61. The van der Waals surface area contributed by atoms with Crippen LogP contribution in [-0.4, -0.2) is 27.8 Å². The van der Waals surface area contributed by atoms with Crippen molar-refractivity contribution in [2.24, 2.45) is 0 Å². The molecule has 28 heavy (non-hydrogen) atoms. The van der Waals surface area contributed by atoms with E-state index in [1.807, 2.05) is 52.0 Å². The molecule has 2 heterocycles. The van der Waals surface area contributed by atoms with E-state index in [0.717, 1.165) is 22.5 Å². The fraction of sp³-hybridized carbons (Fsp3) is 0.286. The number of ether oxygens (including phenoxy) is 1. The highest BCUT2D eigenvalue weighted by Gasteiger charge is 2.19. The highest BCUT2D eigenvalue weighted by molar-refractivity contribution is 6.33. The minimum atomic E-state index is -0.357. The summed E-state index contributed by atoms with van der Waals surface area (Å²) in [5, 5.41) is 7.66. The van der Waals surface area contributed by atoms with Gasteiger partial charge in [-0.15, -0.1) is 0 Å². The molecule has 0 saturated carbocycles. The fourth-order valence-electron chi connectivity index (χ4n) is 3.10. The Morgan fingerprint density at radius 3 is 2.57 bits per heavy atom. The second kappa shape index (κ2) is 8.02. The topological polar surface area (TPSA) is 69.0 Å². The molecule has 1 N–H and O–H groups in total. The van der Waals surface area contributed by atoms with Gasteiger partial charge >= 0.3 is 0 Å². The van der Waals surface area contributed by atoms with Crippen LogP contribution >= 0.6 is 11.6 Å². The maximum Gasteiger partial charge on any atom is 0.271 e. The normalized spacial score (nSPS) is 11.9. The molecule has 0 aliphatic rings. The van der Waals surface area contributed by atoms with E-state index in [-0.39, 0.29) is 22.7 Å². The van der Waals surface area contributed by atoms with Crippen molar-refractivity contribution < 1.29 is 9.53 Å². The number of rotatable bonds is 5. The maximum atomic E-state index is 12.9. The number of benzene rings is 1. The van der Waals surface area contributed by atoms with Crippen LogP contribution in [0.1, 0.15) is 46.0 Å². The zero-order valence-corrected chi connectivity index (χ0v) is 17.3. The molecule has 0 fully saturated rings. The van der Waals surface area contributed by atoms with Crippen LogP contribution in [0.25, 0.3) is 5.82 Å². The standard InChI is InChI=1S/C21H23ClN4O2/c1-12-6-8-18(28-5)16(10-12)15(4)23-21(27)20-17(22)7-9-19(24-20)26-14(3)11-13(2)25-26/h6-11,15H,1-5H3,(H,23,27). The molecule has 146 valence electrons. The summed E-state index contributed by atoms with van der Waals surface area (Å²) in [6.45, 7) is 7.73. The predicted molar refractivity (Wildman–Crippen MR) is 109 cm³/mol. The molecule has 6 nitrogen and oxygen atoms in total. The third kappa shape index (κ3) is 4.02. The number of nitrogens with zero attached hydrogens (tertiary/aromatic N) is 3. The molecular weight excluding hydrogens is 376 g/mol. The van der Waals surface area contributed by atoms with E-state index in [4.69, 9.17) is 16.3 Å². The summed E-state index contributed by atoms with van der Waals surface area (Å²) in [6, 6.07) is 10.9. The van der Waals surface area contributed by atoms with Gasteiger partial charge in [0.05, 0.1) is 23.9 Å². The number of hydrogen-bond donors (Lipinski definition) is 1. The summed E-state index contributed by atoms with van der Waals surface area (Å²) >= 11 is 6.26. The van der Waals surface area contributed by atoms with Gasteiger partial charge in [-0.3, -0.25) is 4.79 Å². The molecule has 2 aromatic heterocycles. The first-order valence-corrected chi connectivity index (χ1v) is 9.33. The van der Waals surface area contributed by atoms with Crippen molar-refractivity contribution in [1.29, 1.82) is 0 Å². The van der Waals surface area contributed by atoms with Crippen molar-refractivity contribution >= 4 is 17.5 Å². The lowest BCUT2D eigenvalue weighted by atomic mass is 10.0. The van der Waals surface area contributed by atoms with E-state index in [1.165, 1.54) is 0 Å². The van der Waals surface area contributed by atoms with Crippen LogP contribution in [-0.2, 0) is 0 Å². The lowest BCUT2D eigenvalue weighted by Crippen LogP contribution is -2.28. The highest BCUT2D eigenvalue weighted by Crippen LogP contribution is 2.27. The second-order valence-corrected chi connectivity index (χ2v) is 7.19. The Bertz CT molecular complexity index is 1030. The van der Waals surface area contributed by atoms with Gasteiger partial charge in [0.2, 0.25) is 0 Å². The predicted octanol–water partition coefficient (Wildman–Crippen LogP) is 4.35. The third-order valence-corrected chi connectivity index (χ3v) is 4.78. The third-order valence-electron chi connectivity index (χ3n) is 4.47. The van der Waals surface area contributed by atoms with E-state index >= 15 is 0 Å². The van der Waals surface area contributed by atoms with Crippen molar-refractivity contribution in [3.63, 3.8) is 0 Å². The molecule has 0 radical (unpaired) electrons. The number of hydrogen-bond acceptors (Lipinski definition) is 4. The molecule has 1 aromatic carbocycles. The molecule has 3 aromatic rings. The molecule has 1 unspecified atom stereocenters. The summed E-state index contributed by atoms with van der Waals surface area (Å²) in [4.78, 5) is 17.3. The monoisotopic (exact) mass is 398 g/mol. The SMILES string of the molecule is COc1ccc(C)cc1C(C)NC(=O)c1nc(-n2nc(C)cc2C)ccc1Cl. The average molecular weight is 399 g/mol. The van der Waals surface area contributed by atoms with E-state index < -0.39 is 0 Å². The van der Waals surface area contributed by atoms with Gasteiger partial charge in [-0.25, -0.2) is 9.67 Å². The zero-order valence-electron chi connectivity index (χ0n) is 16.6. The quantitative estimate of drug-likeness (QED) is 0.693. The highest BCUT2D eigenvalue weighted by atomic mass is 35.5. The Balaban J connectivity index is 1.89. The average Bonchev–Trinajstić information content (AvgIpc) is 3.00. The van der Waals surface area contributed by atoms with Gasteiger partial charge in [0.15, 0.2) is 5.82 Å². The minimum Gasteiger partial charge on any atom is -0.496 e. The van der Waals surface area contributed by atoms with Gasteiger partial charge in [-0.1, -0.05) is 29.3 Å². The summed E-state index contributed by atoms with van der Waals surface area (Å²) < 4.78 is 7.11. The van der Waals surface area contributed by atoms with Crippen LogP contribution in [0, 0.1) is 20.8 Å². The van der Waals surface area contributed by atoms with Crippen molar-refractivity contribution in [3.8, 4) is 11.6 Å². The van der Waals surface area contributed by atoms with Crippen LogP contribution in [0.3, 0.4) is 0 Å². The Morgan fingerprint density at radius 1 is 1.18 bits per heavy atom. The minimum absolute atomic E-state index is 0.158. The molecule has 0 saturated heterocycles. The summed E-state index contributed by atoms with van der Waals surface area (Å²) in [5.74, 6) is 0.902. The molecule has 0 bridgehead atoms. The first-order chi connectivity index (χ1) is 13.3. The number of carbonyl (C=O) groups excluding carboxylic acids is 1. The number of amides is 1. The Kier molecular flexibility index (Phi) is 5.70. The van der Waals surface area contributed by atoms with Crippen LogP contribution in [0.5, 0.6) is 5.75 Å². The number of methoxy groups -OCH3 is 1. The van der Waals surface area contributed by atoms with E-state index in [1.54, 1.807) is 23.9 Å². The van der Waals surface area contributed by atoms with Crippen LogP contribution in [0.4, 0.5) is 0 Å². The molecule has 0 spiro atoms. The van der Waals surface area contributed by atoms with Crippen molar-refractivity contribution in [2.75, 3.05) is 7.11 Å². The van der Waals surface area contributed by atoms with Crippen LogP contribution in [0.2, 0.25) is 5.02 Å². The molecule has 0 aliphatic heterocycles. The second-order valence-electron chi connectivity index (χ2n) is 6.78. The Labute approximate surface area is 169 Å². The number of nitrogens with one attached hydrogen (secondary N) is 1. The van der Waals surface area contributed by atoms with E-state index in [2.05, 4.69) is 15.4 Å². The number of carbonyl (C=O) groups is 1. The lowest BCUT2D eigenvalue weighted by Gasteiger charge is -2.18. The molecule has 1 atom stereocenters. The zero-order chi connectivity index (χ0) is 20.4. The van der Waals surface area contributed by atoms with Gasteiger partial charge in [0, 0.05) is 11.3 Å². The first-order valence-electron chi connectivity index (χ1n) is 8.95. The maximum absolute atomic E-state index is 12.9. The molecule has 7 heteroatoms. The van der Waals surface area contributed by atoms with Crippen LogP contribution < -0.4 is 10.1 Å². The fourth-order valence-corrected chi connectivity index (χ4v) is 3.30. The van der Waals surface area contributed by atoms with E-state index in [9.17, 15) is 4.79 Å². The molecular formula is C21H23ClN4O2. The van der Waals surface area contributed by atoms with Gasteiger partial charge < -0.3 is 10.1 Å². The Morgan fingerprint density at radius 2 is 1.93 bits per heavy atom. The van der Waals surface area contributed by atoms with Crippen LogP contribution in [0.15, 0.2) is 36.4 Å². The number of aromatic nitrogens is 3. The first kappa shape index (κ1) is 19.9. The Hall–Kier alpha value is -2.86. The summed E-state index contributed by atoms with van der Waals surface area (Å²) in [6.07, 6.45) is 0.